The van der Waals surface area contributed by atoms with E-state index in [9.17, 15) is 28.8 Å². The molecule has 0 radical (unpaired) electrons. The fourth-order valence-corrected chi connectivity index (χ4v) is 6.61. The molecule has 0 saturated carbocycles. The van der Waals surface area contributed by atoms with E-state index < -0.39 is 47.3 Å². The number of hydrogen-bond acceptors (Lipinski definition) is 10. The highest BCUT2D eigenvalue weighted by Gasteiger charge is 2.27. The lowest BCUT2D eigenvalue weighted by Gasteiger charge is -2.17. The third kappa shape index (κ3) is 11.7. The Kier molecular flexibility index (Phi) is 16.2. The number of anilines is 4. The summed E-state index contributed by atoms with van der Waals surface area (Å²) in [6.45, 7) is 5.70. The number of halogens is 4. The molecule has 4 N–H and O–H groups in total. The van der Waals surface area contributed by atoms with Gasteiger partial charge < -0.3 is 21.3 Å². The van der Waals surface area contributed by atoms with Crippen molar-refractivity contribution >= 4 is 116 Å². The number of carbonyl (C=O) groups is 6. The highest BCUT2D eigenvalue weighted by atomic mass is 35.5. The first-order chi connectivity index (χ1) is 29.6. The van der Waals surface area contributed by atoms with Crippen molar-refractivity contribution < 1.29 is 28.8 Å². The number of alkyl halides is 2. The highest BCUT2D eigenvalue weighted by Crippen LogP contribution is 2.32. The van der Waals surface area contributed by atoms with Crippen molar-refractivity contribution in [3.63, 3.8) is 0 Å². The summed E-state index contributed by atoms with van der Waals surface area (Å²) in [5.74, 6) is -3.37. The molecule has 2 atom stereocenters. The largest absolute Gasteiger partial charge is 0.324 e. The van der Waals surface area contributed by atoms with Crippen LogP contribution in [0, 0.1) is 13.8 Å². The minimum Gasteiger partial charge on any atom is -0.324 e. The minimum atomic E-state index is -1.58. The maximum atomic E-state index is 13.4. The van der Waals surface area contributed by atoms with Crippen LogP contribution in [0.25, 0.3) is 0 Å². The lowest BCUT2D eigenvalue weighted by Crippen LogP contribution is -2.33. The summed E-state index contributed by atoms with van der Waals surface area (Å²) in [7, 11) is 0. The number of azo groups is 2. The predicted molar refractivity (Wildman–Crippen MR) is 242 cm³/mol. The number of carbonyl (C=O) groups excluding carboxylic acids is 6. The summed E-state index contributed by atoms with van der Waals surface area (Å²) < 4.78 is 0. The van der Waals surface area contributed by atoms with Gasteiger partial charge in [0.2, 0.25) is 12.1 Å². The van der Waals surface area contributed by atoms with Gasteiger partial charge in [-0.25, -0.2) is 0 Å². The van der Waals surface area contributed by atoms with Gasteiger partial charge in [-0.15, -0.1) is 23.2 Å². The van der Waals surface area contributed by atoms with Crippen molar-refractivity contribution in [2.24, 2.45) is 20.5 Å². The third-order valence-electron chi connectivity index (χ3n) is 9.26. The van der Waals surface area contributed by atoms with Gasteiger partial charge in [-0.1, -0.05) is 59.6 Å². The van der Waals surface area contributed by atoms with Crippen LogP contribution in [0.15, 0.2) is 118 Å². The molecule has 18 heteroatoms. The third-order valence-corrected chi connectivity index (χ3v) is 10.7. The van der Waals surface area contributed by atoms with Gasteiger partial charge in [0.15, 0.2) is 11.6 Å². The van der Waals surface area contributed by atoms with Gasteiger partial charge in [-0.2, -0.15) is 20.5 Å². The number of ketones is 2. The number of hydrogen-bond donors (Lipinski definition) is 4. The molecule has 0 aromatic heterocycles. The maximum absolute atomic E-state index is 13.4. The van der Waals surface area contributed by atoms with E-state index in [0.717, 1.165) is 11.1 Å². The Morgan fingerprint density at radius 3 is 1.26 bits per heavy atom. The predicted octanol–water partition coefficient (Wildman–Crippen LogP) is 11.0. The van der Waals surface area contributed by atoms with Crippen molar-refractivity contribution in [2.45, 2.75) is 51.5 Å². The fraction of sp³-hybridized carbons (Fsp3) is 0.182. The summed E-state index contributed by atoms with van der Waals surface area (Å²) in [4.78, 5) is 78.1. The van der Waals surface area contributed by atoms with Gasteiger partial charge in [0.25, 0.3) is 23.6 Å². The Labute approximate surface area is 376 Å². The van der Waals surface area contributed by atoms with Gasteiger partial charge >= 0.3 is 0 Å². The van der Waals surface area contributed by atoms with Crippen molar-refractivity contribution in [1.82, 2.24) is 0 Å². The zero-order valence-electron chi connectivity index (χ0n) is 33.6. The Balaban J connectivity index is 1.26. The number of nitrogens with one attached hydrogen (secondary N) is 4. The van der Waals surface area contributed by atoms with E-state index in [1.165, 1.54) is 62.4 Å². The second-order valence-electron chi connectivity index (χ2n) is 13.7. The first kappa shape index (κ1) is 46.7. The van der Waals surface area contributed by atoms with Crippen LogP contribution in [-0.2, 0) is 30.9 Å². The first-order valence-electron chi connectivity index (χ1n) is 18.7. The number of benzene rings is 5. The average molecular weight is 917 g/mol. The molecule has 14 nitrogen and oxygen atoms in total. The number of rotatable bonds is 16. The maximum Gasteiger partial charge on any atom is 0.258 e. The molecule has 5 rings (SSSR count). The summed E-state index contributed by atoms with van der Waals surface area (Å²) in [6.07, 6.45) is 0. The molecule has 0 heterocycles. The van der Waals surface area contributed by atoms with Crippen LogP contribution < -0.4 is 21.3 Å². The molecular weight excluding hydrogens is 878 g/mol. The van der Waals surface area contributed by atoms with Crippen LogP contribution in [0.3, 0.4) is 0 Å². The van der Waals surface area contributed by atoms with E-state index in [1.54, 1.807) is 50.2 Å². The van der Waals surface area contributed by atoms with Crippen LogP contribution in [-0.4, -0.2) is 47.3 Å². The van der Waals surface area contributed by atoms with Gasteiger partial charge in [-0.3, -0.25) is 28.8 Å². The molecule has 62 heavy (non-hydrogen) atoms. The van der Waals surface area contributed by atoms with Crippen molar-refractivity contribution in [1.29, 1.82) is 0 Å². The standard InChI is InChI=1S/C44H38Cl4N8O6/c1-23-24(2)34(52-44(62)40(26(4)58)56-54-36-16-8-14-32(38(36)48)42(60)50-30-12-6-10-28(20-30)22-46)18-17-33(23)51-43(61)39(25(3)57)55-53-35-15-7-13-31(37(35)47)41(59)49-29-11-5-9-27(19-29)21-45/h5-20,39-40H,21-22H2,1-4H3,(H,49,59)(H,50,60)(H,51,61)(H,52,62). The van der Waals surface area contributed by atoms with Crippen molar-refractivity contribution in [2.75, 3.05) is 21.3 Å². The molecule has 5 aromatic carbocycles. The van der Waals surface area contributed by atoms with Gasteiger partial charge in [-0.05, 0) is 111 Å². The summed E-state index contributed by atoms with van der Waals surface area (Å²) in [6, 6.07) is 22.8. The number of nitrogens with zero attached hydrogens (tertiary/aromatic N) is 4. The summed E-state index contributed by atoms with van der Waals surface area (Å²) in [5, 5.41) is 26.8. The SMILES string of the molecule is CC(=O)C(N=Nc1cccc(C(=O)Nc2cccc(CCl)c2)c1Cl)C(=O)Nc1ccc(NC(=O)C(N=Nc2cccc(C(=O)Nc3cccc(CCl)c3)c2Cl)C(C)=O)c(C)c1C. The van der Waals surface area contributed by atoms with Crippen molar-refractivity contribution in [3.8, 4) is 0 Å². The second-order valence-corrected chi connectivity index (χ2v) is 15.0. The van der Waals surface area contributed by atoms with Crippen LogP contribution in [0.4, 0.5) is 34.1 Å². The summed E-state index contributed by atoms with van der Waals surface area (Å²) in [5.41, 5.74) is 4.53. The van der Waals surface area contributed by atoms with E-state index in [2.05, 4.69) is 41.7 Å². The monoisotopic (exact) mass is 914 g/mol. The van der Waals surface area contributed by atoms with Gasteiger partial charge in [0.05, 0.1) is 21.2 Å². The van der Waals surface area contributed by atoms with E-state index in [4.69, 9.17) is 46.4 Å². The Morgan fingerprint density at radius 1 is 0.532 bits per heavy atom. The Morgan fingerprint density at radius 2 is 0.903 bits per heavy atom. The summed E-state index contributed by atoms with van der Waals surface area (Å²) >= 11 is 24.9. The second kappa shape index (κ2) is 21.5. The topological polar surface area (TPSA) is 200 Å². The molecule has 0 bridgehead atoms. The first-order valence-corrected chi connectivity index (χ1v) is 20.5. The molecule has 2 unspecified atom stereocenters. The van der Waals surface area contributed by atoms with E-state index in [0.29, 0.717) is 33.9 Å². The zero-order valence-corrected chi connectivity index (χ0v) is 36.6. The highest BCUT2D eigenvalue weighted by molar-refractivity contribution is 6.37. The van der Waals surface area contributed by atoms with Crippen LogP contribution in [0.5, 0.6) is 0 Å². The number of amides is 4. The molecule has 0 aliphatic heterocycles. The minimum absolute atomic E-state index is 0.0491. The van der Waals surface area contributed by atoms with E-state index >= 15 is 0 Å². The Bertz CT molecular complexity index is 2460. The number of Topliss-reactive ketones (excluding diaryl/α,β-unsaturated/α-hetero) is 2. The molecule has 0 saturated heterocycles. The van der Waals surface area contributed by atoms with E-state index in [-0.39, 0.29) is 44.3 Å². The van der Waals surface area contributed by atoms with Gasteiger partial charge in [0.1, 0.15) is 11.4 Å². The molecule has 318 valence electrons. The lowest BCUT2D eigenvalue weighted by molar-refractivity contribution is -0.127. The quantitative estimate of drug-likeness (QED) is 0.0431. The average Bonchev–Trinajstić information content (AvgIpc) is 3.24. The van der Waals surface area contributed by atoms with Crippen LogP contribution >= 0.6 is 46.4 Å². The molecule has 4 amide bonds. The molecule has 5 aromatic rings. The lowest BCUT2D eigenvalue weighted by atomic mass is 10.0. The smallest absolute Gasteiger partial charge is 0.258 e. The molecule has 0 spiro atoms. The molecule has 0 fully saturated rings. The fourth-order valence-electron chi connectivity index (χ4n) is 5.78. The molecule has 0 aliphatic rings. The van der Waals surface area contributed by atoms with Crippen molar-refractivity contribution in [3.05, 3.63) is 140 Å². The van der Waals surface area contributed by atoms with Crippen LogP contribution in [0.1, 0.15) is 56.8 Å². The van der Waals surface area contributed by atoms with Gasteiger partial charge in [0, 0.05) is 34.5 Å². The normalized spacial score (nSPS) is 12.1. The van der Waals surface area contributed by atoms with Crippen LogP contribution in [0.2, 0.25) is 10.0 Å². The molecule has 0 aliphatic carbocycles. The van der Waals surface area contributed by atoms with E-state index in [1.807, 2.05) is 12.1 Å². The zero-order chi connectivity index (χ0) is 45.1. The molecular formula is C44H38Cl4N8O6. The Hall–Kier alpha value is -6.32.